The van der Waals surface area contributed by atoms with E-state index in [1.807, 2.05) is 40.4 Å². The number of hydrogen-bond donors (Lipinski definition) is 2. The van der Waals surface area contributed by atoms with E-state index >= 15 is 0 Å². The SMILES string of the molecule is O=C(NCCO)c1cccc(-c2cn3c(-c4cccs4)cnc3cn2)c1. The predicted octanol–water partition coefficient (Wildman–Crippen LogP) is 2.85. The Balaban J connectivity index is 1.73. The molecule has 0 bridgehead atoms. The van der Waals surface area contributed by atoms with Gasteiger partial charge in [-0.3, -0.25) is 14.2 Å². The lowest BCUT2D eigenvalue weighted by molar-refractivity contribution is 0.0945. The van der Waals surface area contributed by atoms with Gasteiger partial charge >= 0.3 is 0 Å². The quantitative estimate of drug-likeness (QED) is 0.571. The van der Waals surface area contributed by atoms with E-state index < -0.39 is 0 Å². The molecule has 0 radical (unpaired) electrons. The van der Waals surface area contributed by atoms with Gasteiger partial charge in [-0.25, -0.2) is 4.98 Å². The zero-order valence-corrected chi connectivity index (χ0v) is 14.6. The molecule has 0 atom stereocenters. The van der Waals surface area contributed by atoms with Gasteiger partial charge in [0.1, 0.15) is 0 Å². The van der Waals surface area contributed by atoms with Crippen molar-refractivity contribution in [2.24, 2.45) is 0 Å². The molecule has 3 heterocycles. The first-order chi connectivity index (χ1) is 12.8. The molecule has 0 fully saturated rings. The van der Waals surface area contributed by atoms with Crippen molar-refractivity contribution in [1.29, 1.82) is 0 Å². The van der Waals surface area contributed by atoms with Crippen LogP contribution < -0.4 is 5.32 Å². The molecule has 0 aliphatic heterocycles. The molecular weight excluding hydrogens is 348 g/mol. The topological polar surface area (TPSA) is 79.5 Å². The van der Waals surface area contributed by atoms with Crippen LogP contribution in [-0.4, -0.2) is 38.5 Å². The summed E-state index contributed by atoms with van der Waals surface area (Å²) in [7, 11) is 0. The van der Waals surface area contributed by atoms with Crippen LogP contribution in [-0.2, 0) is 0 Å². The number of carbonyl (C=O) groups excluding carboxylic acids is 1. The van der Waals surface area contributed by atoms with Crippen LogP contribution in [0.2, 0.25) is 0 Å². The second-order valence-corrected chi connectivity index (χ2v) is 6.63. The summed E-state index contributed by atoms with van der Waals surface area (Å²) in [5.41, 5.74) is 3.91. The monoisotopic (exact) mass is 364 g/mol. The molecule has 7 heteroatoms. The highest BCUT2D eigenvalue weighted by molar-refractivity contribution is 7.13. The van der Waals surface area contributed by atoms with E-state index in [-0.39, 0.29) is 19.1 Å². The standard InChI is InChI=1S/C19H16N4O2S/c24-7-6-20-19(25)14-4-1-3-13(9-14)15-12-23-16(17-5-2-8-26-17)10-22-18(23)11-21-15/h1-5,8-12,24H,6-7H2,(H,20,25). The number of fused-ring (bicyclic) bond motifs is 1. The normalized spacial score (nSPS) is 11.0. The molecule has 0 spiro atoms. The average molecular weight is 364 g/mol. The number of aliphatic hydroxyl groups is 1. The van der Waals surface area contributed by atoms with Crippen molar-refractivity contribution in [1.82, 2.24) is 19.7 Å². The van der Waals surface area contributed by atoms with Crippen LogP contribution in [0.4, 0.5) is 0 Å². The van der Waals surface area contributed by atoms with Gasteiger partial charge in [-0.1, -0.05) is 18.2 Å². The number of thiophene rings is 1. The third-order valence-corrected chi connectivity index (χ3v) is 4.88. The number of aliphatic hydroxyl groups excluding tert-OH is 1. The van der Waals surface area contributed by atoms with Gasteiger partial charge in [-0.05, 0) is 23.6 Å². The number of aromatic nitrogens is 3. The zero-order chi connectivity index (χ0) is 17.9. The number of amides is 1. The van der Waals surface area contributed by atoms with E-state index in [0.29, 0.717) is 5.56 Å². The molecule has 4 rings (SSSR count). The summed E-state index contributed by atoms with van der Waals surface area (Å²) in [5, 5.41) is 13.5. The highest BCUT2D eigenvalue weighted by Gasteiger charge is 2.11. The number of nitrogens with one attached hydrogen (secondary N) is 1. The van der Waals surface area contributed by atoms with E-state index in [4.69, 9.17) is 5.11 Å². The van der Waals surface area contributed by atoms with E-state index in [9.17, 15) is 4.79 Å². The largest absolute Gasteiger partial charge is 0.395 e. The van der Waals surface area contributed by atoms with E-state index in [1.54, 1.807) is 29.7 Å². The molecule has 0 saturated heterocycles. The molecule has 2 N–H and O–H groups in total. The van der Waals surface area contributed by atoms with Gasteiger partial charge in [-0.2, -0.15) is 0 Å². The van der Waals surface area contributed by atoms with Crippen molar-refractivity contribution in [3.63, 3.8) is 0 Å². The summed E-state index contributed by atoms with van der Waals surface area (Å²) in [6.45, 7) is 0.141. The maximum absolute atomic E-state index is 12.1. The number of hydrogen-bond acceptors (Lipinski definition) is 5. The molecular formula is C19H16N4O2S. The van der Waals surface area contributed by atoms with Crippen molar-refractivity contribution >= 4 is 22.9 Å². The fraction of sp³-hybridized carbons (Fsp3) is 0.105. The summed E-state index contributed by atoms with van der Waals surface area (Å²) in [6.07, 6.45) is 5.50. The third kappa shape index (κ3) is 3.10. The maximum Gasteiger partial charge on any atom is 0.251 e. The molecule has 1 aromatic carbocycles. The molecule has 0 aliphatic rings. The van der Waals surface area contributed by atoms with Crippen molar-refractivity contribution in [2.45, 2.75) is 0 Å². The Bertz CT molecular complexity index is 1060. The summed E-state index contributed by atoms with van der Waals surface area (Å²) < 4.78 is 2.01. The first kappa shape index (κ1) is 16.4. The van der Waals surface area contributed by atoms with Crippen LogP contribution in [0.15, 0.2) is 60.4 Å². The van der Waals surface area contributed by atoms with Crippen LogP contribution in [0.25, 0.3) is 27.5 Å². The van der Waals surface area contributed by atoms with Crippen LogP contribution >= 0.6 is 11.3 Å². The van der Waals surface area contributed by atoms with E-state index in [0.717, 1.165) is 27.5 Å². The number of carbonyl (C=O) groups is 1. The zero-order valence-electron chi connectivity index (χ0n) is 13.8. The highest BCUT2D eigenvalue weighted by Crippen LogP contribution is 2.27. The van der Waals surface area contributed by atoms with Crippen molar-refractivity contribution in [2.75, 3.05) is 13.2 Å². The Morgan fingerprint density at radius 1 is 1.19 bits per heavy atom. The molecule has 4 aromatic rings. The van der Waals surface area contributed by atoms with Crippen molar-refractivity contribution in [3.05, 3.63) is 65.9 Å². The van der Waals surface area contributed by atoms with Gasteiger partial charge in [0.15, 0.2) is 5.65 Å². The summed E-state index contributed by atoms with van der Waals surface area (Å²) in [6, 6.07) is 11.3. The summed E-state index contributed by atoms with van der Waals surface area (Å²) in [4.78, 5) is 22.1. The van der Waals surface area contributed by atoms with Crippen LogP contribution in [0.1, 0.15) is 10.4 Å². The van der Waals surface area contributed by atoms with Gasteiger partial charge in [-0.15, -0.1) is 11.3 Å². The molecule has 0 unspecified atom stereocenters. The molecule has 0 saturated carbocycles. The molecule has 130 valence electrons. The van der Waals surface area contributed by atoms with Gasteiger partial charge in [0, 0.05) is 23.9 Å². The smallest absolute Gasteiger partial charge is 0.251 e. The average Bonchev–Trinajstić information content (AvgIpc) is 3.35. The highest BCUT2D eigenvalue weighted by atomic mass is 32.1. The minimum atomic E-state index is -0.219. The Hall–Kier alpha value is -3.03. The lowest BCUT2D eigenvalue weighted by Crippen LogP contribution is -2.26. The number of rotatable bonds is 5. The first-order valence-electron chi connectivity index (χ1n) is 8.13. The van der Waals surface area contributed by atoms with Crippen molar-refractivity contribution in [3.8, 4) is 21.8 Å². The maximum atomic E-state index is 12.1. The van der Waals surface area contributed by atoms with Crippen LogP contribution in [0, 0.1) is 0 Å². The number of benzene rings is 1. The Morgan fingerprint density at radius 2 is 2.12 bits per heavy atom. The second kappa shape index (κ2) is 7.07. The Morgan fingerprint density at radius 3 is 2.92 bits per heavy atom. The number of imidazole rings is 1. The fourth-order valence-electron chi connectivity index (χ4n) is 2.74. The van der Waals surface area contributed by atoms with Gasteiger partial charge in [0.2, 0.25) is 0 Å². The fourth-order valence-corrected chi connectivity index (χ4v) is 3.47. The van der Waals surface area contributed by atoms with Gasteiger partial charge in [0.25, 0.3) is 5.91 Å². The molecule has 6 nitrogen and oxygen atoms in total. The Kier molecular flexibility index (Phi) is 4.47. The minimum absolute atomic E-state index is 0.0875. The Labute approximate surface area is 153 Å². The summed E-state index contributed by atoms with van der Waals surface area (Å²) in [5.74, 6) is -0.219. The van der Waals surface area contributed by atoms with E-state index in [2.05, 4.69) is 21.4 Å². The molecule has 1 amide bonds. The predicted molar refractivity (Wildman–Crippen MR) is 101 cm³/mol. The molecule has 26 heavy (non-hydrogen) atoms. The van der Waals surface area contributed by atoms with Crippen LogP contribution in [0.5, 0.6) is 0 Å². The lowest BCUT2D eigenvalue weighted by Gasteiger charge is -2.07. The lowest BCUT2D eigenvalue weighted by atomic mass is 10.1. The van der Waals surface area contributed by atoms with Gasteiger partial charge < -0.3 is 10.4 Å². The second-order valence-electron chi connectivity index (χ2n) is 5.68. The molecule has 0 aliphatic carbocycles. The van der Waals surface area contributed by atoms with Crippen molar-refractivity contribution < 1.29 is 9.90 Å². The number of nitrogens with zero attached hydrogens (tertiary/aromatic N) is 3. The van der Waals surface area contributed by atoms with E-state index in [1.165, 1.54) is 0 Å². The minimum Gasteiger partial charge on any atom is -0.395 e. The van der Waals surface area contributed by atoms with Gasteiger partial charge in [0.05, 0.1) is 35.3 Å². The first-order valence-corrected chi connectivity index (χ1v) is 9.01. The summed E-state index contributed by atoms with van der Waals surface area (Å²) >= 11 is 1.66. The third-order valence-electron chi connectivity index (χ3n) is 3.99. The molecule has 3 aromatic heterocycles. The van der Waals surface area contributed by atoms with Crippen LogP contribution in [0.3, 0.4) is 0 Å².